The largest absolute Gasteiger partial charge is 0.490 e. The number of anilines is 2. The van der Waals surface area contributed by atoms with Gasteiger partial charge in [0, 0.05) is 25.4 Å². The summed E-state index contributed by atoms with van der Waals surface area (Å²) < 4.78 is 33.7. The van der Waals surface area contributed by atoms with Crippen LogP contribution in [0.1, 0.15) is 16.2 Å². The third-order valence-corrected chi connectivity index (χ3v) is 3.22. The molecule has 2 aromatic rings. The number of carbonyl (C=O) groups is 2. The van der Waals surface area contributed by atoms with Gasteiger partial charge in [0.2, 0.25) is 0 Å². The molecule has 0 saturated heterocycles. The van der Waals surface area contributed by atoms with Crippen molar-refractivity contribution in [3.63, 3.8) is 0 Å². The lowest BCUT2D eigenvalue weighted by Gasteiger charge is -2.13. The zero-order chi connectivity index (χ0) is 19.3. The standard InChI is InChI=1S/C12H14N6O.C2HF3O2/c13-12(19)11-9(2-1-3-15-11)16-10-6-8-7-14-4-5-18(8)17-10;3-2(4,5)1(6)7/h1-3,6,14H,4-5,7H2,(H2,13,19)(H,16,17);(H,6,7). The molecule has 0 unspecified atom stereocenters. The van der Waals surface area contributed by atoms with Crippen molar-refractivity contribution in [3.05, 3.63) is 35.8 Å². The van der Waals surface area contributed by atoms with E-state index in [1.165, 1.54) is 6.20 Å². The predicted octanol–water partition coefficient (Wildman–Crippen LogP) is 0.857. The van der Waals surface area contributed by atoms with Crippen LogP contribution in [-0.4, -0.2) is 44.5 Å². The monoisotopic (exact) mass is 372 g/mol. The second-order valence-electron chi connectivity index (χ2n) is 5.11. The molecule has 5 N–H and O–H groups in total. The highest BCUT2D eigenvalue weighted by molar-refractivity contribution is 5.96. The lowest BCUT2D eigenvalue weighted by Crippen LogP contribution is -2.28. The van der Waals surface area contributed by atoms with Crippen LogP contribution in [0, 0.1) is 0 Å². The normalized spacial score (nSPS) is 13.2. The molecule has 26 heavy (non-hydrogen) atoms. The number of amides is 1. The Kier molecular flexibility index (Phi) is 5.77. The SMILES string of the molecule is NC(=O)c1ncccc1Nc1cc2n(n1)CCNC2.O=C(O)C(F)(F)F. The highest BCUT2D eigenvalue weighted by Crippen LogP contribution is 2.19. The summed E-state index contributed by atoms with van der Waals surface area (Å²) in [6, 6.07) is 5.44. The Morgan fingerprint density at radius 3 is 2.65 bits per heavy atom. The summed E-state index contributed by atoms with van der Waals surface area (Å²) in [5, 5.41) is 17.9. The molecule has 1 aliphatic rings. The number of carboxylic acid groups (broad SMARTS) is 1. The van der Waals surface area contributed by atoms with Gasteiger partial charge in [-0.3, -0.25) is 9.48 Å². The quantitative estimate of drug-likeness (QED) is 0.627. The Hall–Kier alpha value is -3.15. The van der Waals surface area contributed by atoms with Gasteiger partial charge in [0.05, 0.1) is 17.9 Å². The molecule has 2 aromatic heterocycles. The molecule has 3 heterocycles. The maximum absolute atomic E-state index is 11.3. The number of fused-ring (bicyclic) bond motifs is 1. The summed E-state index contributed by atoms with van der Waals surface area (Å²) in [4.78, 5) is 24.2. The summed E-state index contributed by atoms with van der Waals surface area (Å²) in [7, 11) is 0. The number of hydrogen-bond donors (Lipinski definition) is 4. The van der Waals surface area contributed by atoms with E-state index in [1.54, 1.807) is 12.1 Å². The van der Waals surface area contributed by atoms with Gasteiger partial charge in [0.15, 0.2) is 11.5 Å². The van der Waals surface area contributed by atoms with Crippen LogP contribution in [0.3, 0.4) is 0 Å². The topological polar surface area (TPSA) is 135 Å². The van der Waals surface area contributed by atoms with Crippen molar-refractivity contribution in [2.75, 3.05) is 11.9 Å². The molecule has 0 spiro atoms. The van der Waals surface area contributed by atoms with Crippen molar-refractivity contribution in [2.45, 2.75) is 19.3 Å². The lowest BCUT2D eigenvalue weighted by atomic mass is 10.3. The molecule has 9 nitrogen and oxygen atoms in total. The number of halogens is 3. The van der Waals surface area contributed by atoms with Gasteiger partial charge in [0.25, 0.3) is 5.91 Å². The van der Waals surface area contributed by atoms with Gasteiger partial charge in [0.1, 0.15) is 0 Å². The van der Waals surface area contributed by atoms with Crippen molar-refractivity contribution < 1.29 is 27.9 Å². The third kappa shape index (κ3) is 4.92. The maximum Gasteiger partial charge on any atom is 0.490 e. The van der Waals surface area contributed by atoms with E-state index >= 15 is 0 Å². The van der Waals surface area contributed by atoms with Gasteiger partial charge in [-0.15, -0.1) is 0 Å². The summed E-state index contributed by atoms with van der Waals surface area (Å²) in [6.07, 6.45) is -3.55. The van der Waals surface area contributed by atoms with Crippen LogP contribution in [0.25, 0.3) is 0 Å². The van der Waals surface area contributed by atoms with E-state index in [1.807, 2.05) is 10.7 Å². The zero-order valence-corrected chi connectivity index (χ0v) is 13.2. The number of nitrogens with one attached hydrogen (secondary N) is 2. The van der Waals surface area contributed by atoms with Gasteiger partial charge in [-0.05, 0) is 12.1 Å². The number of nitrogens with zero attached hydrogens (tertiary/aromatic N) is 3. The average Bonchev–Trinajstić information content (AvgIpc) is 2.97. The highest BCUT2D eigenvalue weighted by atomic mass is 19.4. The first-order valence-corrected chi connectivity index (χ1v) is 7.28. The summed E-state index contributed by atoms with van der Waals surface area (Å²) in [5.74, 6) is -2.63. The molecule has 0 radical (unpaired) electrons. The molecule has 0 aromatic carbocycles. The minimum atomic E-state index is -5.08. The molecule has 12 heteroatoms. The van der Waals surface area contributed by atoms with Gasteiger partial charge in [-0.1, -0.05) is 0 Å². The van der Waals surface area contributed by atoms with Crippen LogP contribution in [0.2, 0.25) is 0 Å². The Morgan fingerprint density at radius 2 is 2.08 bits per heavy atom. The van der Waals surface area contributed by atoms with Crippen molar-refractivity contribution in [1.29, 1.82) is 0 Å². The number of primary amides is 1. The molecule has 1 amide bonds. The fourth-order valence-corrected chi connectivity index (χ4v) is 2.09. The molecule has 0 aliphatic carbocycles. The first-order chi connectivity index (χ1) is 12.2. The summed E-state index contributed by atoms with van der Waals surface area (Å²) in [5.41, 5.74) is 7.18. The Bertz CT molecular complexity index is 782. The Balaban J connectivity index is 0.000000298. The van der Waals surface area contributed by atoms with E-state index in [4.69, 9.17) is 15.6 Å². The number of hydrogen-bond acceptors (Lipinski definition) is 6. The summed E-state index contributed by atoms with van der Waals surface area (Å²) >= 11 is 0. The van der Waals surface area contributed by atoms with Crippen LogP contribution >= 0.6 is 0 Å². The van der Waals surface area contributed by atoms with E-state index < -0.39 is 18.1 Å². The molecular formula is C14H15F3N6O3. The zero-order valence-electron chi connectivity index (χ0n) is 13.2. The number of alkyl halides is 3. The number of carbonyl (C=O) groups excluding carboxylic acids is 1. The van der Waals surface area contributed by atoms with Crippen molar-refractivity contribution >= 4 is 23.4 Å². The minimum absolute atomic E-state index is 0.214. The molecule has 0 atom stereocenters. The molecule has 1 aliphatic heterocycles. The minimum Gasteiger partial charge on any atom is -0.475 e. The number of carboxylic acids is 1. The number of aromatic nitrogens is 3. The second kappa shape index (κ2) is 7.82. The van der Waals surface area contributed by atoms with E-state index in [-0.39, 0.29) is 5.69 Å². The molecule has 0 saturated carbocycles. The van der Waals surface area contributed by atoms with E-state index in [0.717, 1.165) is 25.3 Å². The van der Waals surface area contributed by atoms with Gasteiger partial charge >= 0.3 is 12.1 Å². The lowest BCUT2D eigenvalue weighted by molar-refractivity contribution is -0.192. The fourth-order valence-electron chi connectivity index (χ4n) is 2.09. The fraction of sp³-hybridized carbons (Fsp3) is 0.286. The Labute approximate surface area is 145 Å². The van der Waals surface area contributed by atoms with Gasteiger partial charge in [-0.2, -0.15) is 18.3 Å². The first-order valence-electron chi connectivity index (χ1n) is 7.28. The van der Waals surface area contributed by atoms with Crippen molar-refractivity contribution in [2.24, 2.45) is 5.73 Å². The van der Waals surface area contributed by atoms with E-state index in [9.17, 15) is 18.0 Å². The van der Waals surface area contributed by atoms with Crippen molar-refractivity contribution in [1.82, 2.24) is 20.1 Å². The molecule has 140 valence electrons. The summed E-state index contributed by atoms with van der Waals surface area (Å²) in [6.45, 7) is 2.55. The van der Waals surface area contributed by atoms with Crippen molar-refractivity contribution in [3.8, 4) is 0 Å². The number of pyridine rings is 1. The van der Waals surface area contributed by atoms with Gasteiger partial charge < -0.3 is 21.5 Å². The number of nitrogens with two attached hydrogens (primary N) is 1. The third-order valence-electron chi connectivity index (χ3n) is 3.22. The van der Waals surface area contributed by atoms with Crippen LogP contribution in [0.5, 0.6) is 0 Å². The molecular weight excluding hydrogens is 357 g/mol. The molecule has 0 fully saturated rings. The first kappa shape index (κ1) is 19.2. The molecule has 0 bridgehead atoms. The van der Waals surface area contributed by atoms with Gasteiger partial charge in [-0.25, -0.2) is 9.78 Å². The van der Waals surface area contributed by atoms with Crippen LogP contribution < -0.4 is 16.4 Å². The average molecular weight is 372 g/mol. The maximum atomic E-state index is 11.3. The van der Waals surface area contributed by atoms with Crippen LogP contribution in [0.15, 0.2) is 24.4 Å². The van der Waals surface area contributed by atoms with Crippen LogP contribution in [0.4, 0.5) is 24.7 Å². The number of aliphatic carboxylic acids is 1. The predicted molar refractivity (Wildman–Crippen MR) is 83.7 cm³/mol. The van der Waals surface area contributed by atoms with Crippen LogP contribution in [-0.2, 0) is 17.9 Å². The van der Waals surface area contributed by atoms with E-state index in [0.29, 0.717) is 11.5 Å². The number of rotatable bonds is 3. The van der Waals surface area contributed by atoms with E-state index in [2.05, 4.69) is 20.7 Å². The highest BCUT2D eigenvalue weighted by Gasteiger charge is 2.38. The molecule has 3 rings (SSSR count). The Morgan fingerprint density at radius 1 is 1.38 bits per heavy atom. The smallest absolute Gasteiger partial charge is 0.475 e. The second-order valence-corrected chi connectivity index (χ2v) is 5.11.